The molecule has 0 aliphatic heterocycles. The minimum Gasteiger partial charge on any atom is -0.198 e. The molecule has 0 heterocycles. The van der Waals surface area contributed by atoms with Gasteiger partial charge in [-0.3, -0.25) is 0 Å². The van der Waals surface area contributed by atoms with E-state index in [0.29, 0.717) is 5.92 Å². The molecule has 0 N–H and O–H groups in total. The van der Waals surface area contributed by atoms with Crippen molar-refractivity contribution in [2.75, 3.05) is 0 Å². The van der Waals surface area contributed by atoms with Crippen molar-refractivity contribution in [2.24, 2.45) is 11.3 Å². The van der Waals surface area contributed by atoms with Crippen LogP contribution < -0.4 is 0 Å². The summed E-state index contributed by atoms with van der Waals surface area (Å²) in [5.74, 6) is 6.53. The van der Waals surface area contributed by atoms with Crippen molar-refractivity contribution in [3.05, 3.63) is 0 Å². The lowest BCUT2D eigenvalue weighted by molar-refractivity contribution is 0.164. The SMILES string of the molecule is CC#CCCC1(C#N)CCCCC1C. The number of hydrogen-bond acceptors (Lipinski definition) is 1. The molecule has 0 spiro atoms. The van der Waals surface area contributed by atoms with Crippen molar-refractivity contribution in [1.82, 2.24) is 0 Å². The largest absolute Gasteiger partial charge is 0.198 e. The summed E-state index contributed by atoms with van der Waals surface area (Å²) in [5, 5.41) is 9.31. The molecule has 0 aromatic carbocycles. The molecule has 76 valence electrons. The number of nitrogens with zero attached hydrogens (tertiary/aromatic N) is 1. The monoisotopic (exact) mass is 189 g/mol. The van der Waals surface area contributed by atoms with E-state index in [9.17, 15) is 5.26 Å². The summed E-state index contributed by atoms with van der Waals surface area (Å²) in [6.45, 7) is 4.09. The van der Waals surface area contributed by atoms with E-state index in [1.807, 2.05) is 6.92 Å². The Labute approximate surface area is 87.5 Å². The maximum absolute atomic E-state index is 9.31. The zero-order valence-corrected chi connectivity index (χ0v) is 9.27. The fourth-order valence-electron chi connectivity index (χ4n) is 2.42. The molecule has 1 aliphatic rings. The first kappa shape index (κ1) is 11.1. The van der Waals surface area contributed by atoms with Crippen molar-refractivity contribution in [3.63, 3.8) is 0 Å². The van der Waals surface area contributed by atoms with Crippen LogP contribution in [0.1, 0.15) is 52.4 Å². The third-order valence-electron chi connectivity index (χ3n) is 3.55. The van der Waals surface area contributed by atoms with Crippen LogP contribution in [0, 0.1) is 34.5 Å². The van der Waals surface area contributed by atoms with Crippen LogP contribution in [0.15, 0.2) is 0 Å². The van der Waals surface area contributed by atoms with Crippen LogP contribution >= 0.6 is 0 Å². The zero-order valence-electron chi connectivity index (χ0n) is 9.27. The molecule has 0 radical (unpaired) electrons. The summed E-state index contributed by atoms with van der Waals surface area (Å²) in [6.07, 6.45) is 6.66. The summed E-state index contributed by atoms with van der Waals surface area (Å²) < 4.78 is 0. The summed E-state index contributed by atoms with van der Waals surface area (Å²) in [7, 11) is 0. The van der Waals surface area contributed by atoms with E-state index >= 15 is 0 Å². The van der Waals surface area contributed by atoms with E-state index in [-0.39, 0.29) is 5.41 Å². The van der Waals surface area contributed by atoms with E-state index in [4.69, 9.17) is 0 Å². The first-order valence-corrected chi connectivity index (χ1v) is 5.56. The Bertz CT molecular complexity index is 276. The van der Waals surface area contributed by atoms with E-state index in [1.54, 1.807) is 0 Å². The molecule has 1 nitrogen and oxygen atoms in total. The molecular weight excluding hydrogens is 170 g/mol. The molecule has 14 heavy (non-hydrogen) atoms. The second-order valence-corrected chi connectivity index (χ2v) is 4.34. The van der Waals surface area contributed by atoms with Crippen LogP contribution in [0.2, 0.25) is 0 Å². The van der Waals surface area contributed by atoms with Crippen LogP contribution in [0.3, 0.4) is 0 Å². The molecule has 2 unspecified atom stereocenters. The second-order valence-electron chi connectivity index (χ2n) is 4.34. The average Bonchev–Trinajstić information content (AvgIpc) is 2.21. The van der Waals surface area contributed by atoms with Crippen molar-refractivity contribution in [1.29, 1.82) is 5.26 Å². The van der Waals surface area contributed by atoms with Gasteiger partial charge in [-0.05, 0) is 32.1 Å². The van der Waals surface area contributed by atoms with Crippen molar-refractivity contribution in [3.8, 4) is 17.9 Å². The van der Waals surface area contributed by atoms with Gasteiger partial charge in [-0.1, -0.05) is 19.8 Å². The molecule has 1 heteroatoms. The predicted octanol–water partition coefficient (Wildman–Crippen LogP) is 3.51. The maximum atomic E-state index is 9.31. The summed E-state index contributed by atoms with van der Waals surface area (Å²) >= 11 is 0. The Balaban J connectivity index is 2.62. The molecular formula is C13H19N. The van der Waals surface area contributed by atoms with Gasteiger partial charge in [-0.2, -0.15) is 5.26 Å². The Morgan fingerprint density at radius 2 is 2.21 bits per heavy atom. The topological polar surface area (TPSA) is 23.8 Å². The summed E-state index contributed by atoms with van der Waals surface area (Å²) in [4.78, 5) is 0. The standard InChI is InChI=1S/C13H19N/c1-3-4-6-9-13(11-14)10-7-5-8-12(13)2/h12H,5-10H2,1-2H3. The van der Waals surface area contributed by atoms with Crippen molar-refractivity contribution < 1.29 is 0 Å². The van der Waals surface area contributed by atoms with E-state index in [2.05, 4.69) is 24.8 Å². The lowest BCUT2D eigenvalue weighted by atomic mass is 9.65. The molecule has 1 rings (SSSR count). The smallest absolute Gasteiger partial charge is 0.0692 e. The van der Waals surface area contributed by atoms with E-state index < -0.39 is 0 Å². The molecule has 0 saturated heterocycles. The second kappa shape index (κ2) is 5.06. The fourth-order valence-corrected chi connectivity index (χ4v) is 2.42. The molecule has 1 aliphatic carbocycles. The van der Waals surface area contributed by atoms with Crippen LogP contribution in [-0.2, 0) is 0 Å². The van der Waals surface area contributed by atoms with Gasteiger partial charge < -0.3 is 0 Å². The number of hydrogen-bond donors (Lipinski definition) is 0. The van der Waals surface area contributed by atoms with Gasteiger partial charge in [0.1, 0.15) is 0 Å². The van der Waals surface area contributed by atoms with Gasteiger partial charge >= 0.3 is 0 Å². The highest BCUT2D eigenvalue weighted by atomic mass is 14.4. The van der Waals surface area contributed by atoms with Gasteiger partial charge in [0.2, 0.25) is 0 Å². The first-order valence-electron chi connectivity index (χ1n) is 5.56. The van der Waals surface area contributed by atoms with Crippen LogP contribution in [0.4, 0.5) is 0 Å². The molecule has 0 aromatic heterocycles. The highest BCUT2D eigenvalue weighted by molar-refractivity contribution is 5.06. The van der Waals surface area contributed by atoms with Crippen LogP contribution in [0.25, 0.3) is 0 Å². The molecule has 0 amide bonds. The molecule has 1 fully saturated rings. The van der Waals surface area contributed by atoms with Crippen LogP contribution in [0.5, 0.6) is 0 Å². The highest BCUT2D eigenvalue weighted by Crippen LogP contribution is 2.43. The summed E-state index contributed by atoms with van der Waals surface area (Å²) in [5.41, 5.74) is -0.0674. The summed E-state index contributed by atoms with van der Waals surface area (Å²) in [6, 6.07) is 2.56. The van der Waals surface area contributed by atoms with E-state index in [1.165, 1.54) is 19.3 Å². The normalized spacial score (nSPS) is 31.4. The Morgan fingerprint density at radius 3 is 2.79 bits per heavy atom. The number of nitriles is 1. The Hall–Kier alpha value is -0.950. The van der Waals surface area contributed by atoms with Gasteiger partial charge in [-0.25, -0.2) is 0 Å². The highest BCUT2D eigenvalue weighted by Gasteiger charge is 2.37. The van der Waals surface area contributed by atoms with Crippen molar-refractivity contribution in [2.45, 2.75) is 52.4 Å². The van der Waals surface area contributed by atoms with Gasteiger partial charge in [0.25, 0.3) is 0 Å². The first-order chi connectivity index (χ1) is 6.75. The van der Waals surface area contributed by atoms with Gasteiger partial charge in [0.15, 0.2) is 0 Å². The quantitative estimate of drug-likeness (QED) is 0.610. The van der Waals surface area contributed by atoms with Gasteiger partial charge in [-0.15, -0.1) is 11.8 Å². The molecule has 2 atom stereocenters. The molecule has 0 aromatic rings. The average molecular weight is 189 g/mol. The third kappa shape index (κ3) is 2.30. The Morgan fingerprint density at radius 1 is 1.43 bits per heavy atom. The number of rotatable bonds is 2. The fraction of sp³-hybridized carbons (Fsp3) is 0.769. The third-order valence-corrected chi connectivity index (χ3v) is 3.55. The zero-order chi connectivity index (χ0) is 10.4. The molecule has 0 bridgehead atoms. The van der Waals surface area contributed by atoms with Crippen molar-refractivity contribution >= 4 is 0 Å². The van der Waals surface area contributed by atoms with Gasteiger partial charge in [0.05, 0.1) is 11.5 Å². The lowest BCUT2D eigenvalue weighted by Gasteiger charge is -2.36. The minimum absolute atomic E-state index is 0.0674. The maximum Gasteiger partial charge on any atom is 0.0692 e. The minimum atomic E-state index is -0.0674. The predicted molar refractivity (Wildman–Crippen MR) is 58.4 cm³/mol. The van der Waals surface area contributed by atoms with Gasteiger partial charge in [0, 0.05) is 6.42 Å². The Kier molecular flexibility index (Phi) is 4.02. The van der Waals surface area contributed by atoms with Crippen LogP contribution in [-0.4, -0.2) is 0 Å². The van der Waals surface area contributed by atoms with E-state index in [0.717, 1.165) is 19.3 Å². The molecule has 1 saturated carbocycles. The lowest BCUT2D eigenvalue weighted by Crippen LogP contribution is -2.30.